The van der Waals surface area contributed by atoms with Crippen LogP contribution >= 0.6 is 11.3 Å². The molecule has 27 heavy (non-hydrogen) atoms. The van der Waals surface area contributed by atoms with Gasteiger partial charge < -0.3 is 14.6 Å². The van der Waals surface area contributed by atoms with Crippen molar-refractivity contribution < 1.29 is 14.6 Å². The van der Waals surface area contributed by atoms with Crippen molar-refractivity contribution in [3.05, 3.63) is 52.8 Å². The Morgan fingerprint density at radius 2 is 1.93 bits per heavy atom. The maximum atomic E-state index is 10.7. The van der Waals surface area contributed by atoms with Crippen molar-refractivity contribution in [2.45, 2.75) is 19.2 Å². The molecule has 0 fully saturated rings. The summed E-state index contributed by atoms with van der Waals surface area (Å²) >= 11 is 1.52. The summed E-state index contributed by atoms with van der Waals surface area (Å²) in [6, 6.07) is 5.50. The Morgan fingerprint density at radius 1 is 1.19 bits per heavy atom. The van der Waals surface area contributed by atoms with E-state index >= 15 is 0 Å². The predicted molar refractivity (Wildman–Crippen MR) is 102 cm³/mol. The number of methoxy groups -OCH3 is 2. The normalized spacial score (nSPS) is 16.8. The molecule has 1 aromatic carbocycles. The van der Waals surface area contributed by atoms with Crippen LogP contribution in [0.3, 0.4) is 0 Å². The molecule has 3 heterocycles. The molecule has 8 heteroatoms. The average Bonchev–Trinajstić information content (AvgIpc) is 3.16. The third-order valence-electron chi connectivity index (χ3n) is 4.55. The number of rotatable bonds is 5. The van der Waals surface area contributed by atoms with Crippen LogP contribution < -0.4 is 9.47 Å². The zero-order valence-corrected chi connectivity index (χ0v) is 15.9. The van der Waals surface area contributed by atoms with Gasteiger partial charge in [-0.1, -0.05) is 0 Å². The smallest absolute Gasteiger partial charge is 0.188 e. The summed E-state index contributed by atoms with van der Waals surface area (Å²) in [5.41, 5.74) is 2.70. The first-order chi connectivity index (χ1) is 13.2. The first kappa shape index (κ1) is 17.8. The summed E-state index contributed by atoms with van der Waals surface area (Å²) < 4.78 is 10.9. The van der Waals surface area contributed by atoms with Gasteiger partial charge in [-0.25, -0.2) is 15.0 Å². The number of aliphatic hydroxyl groups excluding tert-OH is 1. The van der Waals surface area contributed by atoms with Crippen molar-refractivity contribution in [3.63, 3.8) is 0 Å². The number of hydrogen-bond acceptors (Lipinski definition) is 8. The van der Waals surface area contributed by atoms with E-state index in [0.29, 0.717) is 31.2 Å². The first-order valence-corrected chi connectivity index (χ1v) is 9.43. The fourth-order valence-corrected chi connectivity index (χ4v) is 4.14. The molecule has 3 aromatic rings. The largest absolute Gasteiger partial charge is 0.496 e. The minimum Gasteiger partial charge on any atom is -0.496 e. The molecule has 1 N–H and O–H groups in total. The summed E-state index contributed by atoms with van der Waals surface area (Å²) in [6.07, 6.45) is 2.77. The van der Waals surface area contributed by atoms with Crippen LogP contribution in [0, 0.1) is 0 Å². The molecule has 0 aliphatic carbocycles. The molecule has 2 aromatic heterocycles. The fourth-order valence-electron chi connectivity index (χ4n) is 3.39. The van der Waals surface area contributed by atoms with E-state index in [4.69, 9.17) is 9.47 Å². The molecule has 0 unspecified atom stereocenters. The van der Waals surface area contributed by atoms with Crippen LogP contribution in [-0.2, 0) is 13.1 Å². The molecule has 4 rings (SSSR count). The van der Waals surface area contributed by atoms with Gasteiger partial charge in [0.05, 0.1) is 26.0 Å². The van der Waals surface area contributed by atoms with Crippen LogP contribution in [-0.4, -0.2) is 45.7 Å². The second kappa shape index (κ2) is 7.59. The van der Waals surface area contributed by atoms with Crippen molar-refractivity contribution >= 4 is 11.3 Å². The molecule has 0 amide bonds. The number of aromatic nitrogens is 3. The van der Waals surface area contributed by atoms with Gasteiger partial charge in [-0.2, -0.15) is 0 Å². The summed E-state index contributed by atoms with van der Waals surface area (Å²) in [6.45, 7) is 1.78. The highest BCUT2D eigenvalue weighted by atomic mass is 32.1. The van der Waals surface area contributed by atoms with Crippen molar-refractivity contribution in [3.8, 4) is 22.3 Å². The third kappa shape index (κ3) is 3.51. The monoisotopic (exact) mass is 384 g/mol. The molecule has 140 valence electrons. The Morgan fingerprint density at radius 3 is 2.67 bits per heavy atom. The minimum atomic E-state index is -0.644. The number of hydrogen-bond donors (Lipinski definition) is 1. The fraction of sp³-hybridized carbons (Fsp3) is 0.316. The lowest BCUT2D eigenvalue weighted by Gasteiger charge is -2.33. The predicted octanol–water partition coefficient (Wildman–Crippen LogP) is 2.67. The SMILES string of the molecule is COc1ccc(OC)c2c1CN(Cc1csc(-c3ncccn3)n1)C[C@@H]2O. The van der Waals surface area contributed by atoms with Gasteiger partial charge >= 0.3 is 0 Å². The van der Waals surface area contributed by atoms with Crippen LogP contribution in [0.1, 0.15) is 22.9 Å². The molecule has 0 radical (unpaired) electrons. The summed E-state index contributed by atoms with van der Waals surface area (Å²) in [5, 5.41) is 13.5. The minimum absolute atomic E-state index is 0.505. The summed E-state index contributed by atoms with van der Waals surface area (Å²) in [4.78, 5) is 15.3. The van der Waals surface area contributed by atoms with Gasteiger partial charge in [0.15, 0.2) is 10.8 Å². The van der Waals surface area contributed by atoms with Gasteiger partial charge in [0.2, 0.25) is 0 Å². The Bertz CT molecular complexity index is 932. The lowest BCUT2D eigenvalue weighted by molar-refractivity contribution is 0.0837. The van der Waals surface area contributed by atoms with Gasteiger partial charge in [-0.3, -0.25) is 4.90 Å². The number of fused-ring (bicyclic) bond motifs is 1. The second-order valence-corrected chi connectivity index (χ2v) is 7.12. The number of thiazole rings is 1. The molecular weight excluding hydrogens is 364 g/mol. The lowest BCUT2D eigenvalue weighted by Crippen LogP contribution is -2.33. The van der Waals surface area contributed by atoms with Crippen molar-refractivity contribution in [1.82, 2.24) is 19.9 Å². The average molecular weight is 384 g/mol. The topological polar surface area (TPSA) is 80.6 Å². The van der Waals surface area contributed by atoms with E-state index in [9.17, 15) is 5.11 Å². The highest BCUT2D eigenvalue weighted by Gasteiger charge is 2.30. The summed E-state index contributed by atoms with van der Waals surface area (Å²) in [5.74, 6) is 2.07. The maximum Gasteiger partial charge on any atom is 0.188 e. The lowest BCUT2D eigenvalue weighted by atomic mass is 9.95. The van der Waals surface area contributed by atoms with Gasteiger partial charge in [-0.15, -0.1) is 11.3 Å². The standard InChI is InChI=1S/C19H20N4O3S/c1-25-15-4-5-16(26-2)17-13(15)9-23(10-14(17)24)8-12-11-27-19(22-12)18-20-6-3-7-21-18/h3-7,11,14,24H,8-10H2,1-2H3/t14-/m0/s1. The van der Waals surface area contributed by atoms with E-state index in [-0.39, 0.29) is 0 Å². The van der Waals surface area contributed by atoms with Crippen molar-refractivity contribution in [1.29, 1.82) is 0 Å². The molecule has 0 saturated carbocycles. The number of ether oxygens (including phenoxy) is 2. The molecule has 0 spiro atoms. The van der Waals surface area contributed by atoms with Crippen LogP contribution in [0.25, 0.3) is 10.8 Å². The Kier molecular flexibility index (Phi) is 5.02. The number of benzene rings is 1. The van der Waals surface area contributed by atoms with E-state index in [0.717, 1.165) is 27.6 Å². The molecule has 7 nitrogen and oxygen atoms in total. The van der Waals surface area contributed by atoms with Crippen LogP contribution in [0.5, 0.6) is 11.5 Å². The van der Waals surface area contributed by atoms with Gasteiger partial charge in [0, 0.05) is 48.5 Å². The van der Waals surface area contributed by atoms with Crippen molar-refractivity contribution in [2.24, 2.45) is 0 Å². The third-order valence-corrected chi connectivity index (χ3v) is 5.44. The molecular formula is C19H20N4O3S. The zero-order valence-electron chi connectivity index (χ0n) is 15.1. The maximum absolute atomic E-state index is 10.7. The van der Waals surface area contributed by atoms with E-state index < -0.39 is 6.10 Å². The number of aliphatic hydroxyl groups is 1. The van der Waals surface area contributed by atoms with Crippen LogP contribution in [0.15, 0.2) is 36.0 Å². The Hall–Kier alpha value is -2.55. The van der Waals surface area contributed by atoms with E-state index in [1.165, 1.54) is 11.3 Å². The number of nitrogens with zero attached hydrogens (tertiary/aromatic N) is 4. The van der Waals surface area contributed by atoms with E-state index in [1.807, 2.05) is 17.5 Å². The van der Waals surface area contributed by atoms with Crippen LogP contribution in [0.4, 0.5) is 0 Å². The second-order valence-electron chi connectivity index (χ2n) is 6.26. The van der Waals surface area contributed by atoms with Gasteiger partial charge in [-0.05, 0) is 18.2 Å². The first-order valence-electron chi connectivity index (χ1n) is 8.55. The molecule has 0 saturated heterocycles. The van der Waals surface area contributed by atoms with Gasteiger partial charge in [0.25, 0.3) is 0 Å². The summed E-state index contributed by atoms with van der Waals surface area (Å²) in [7, 11) is 3.25. The van der Waals surface area contributed by atoms with Crippen molar-refractivity contribution in [2.75, 3.05) is 20.8 Å². The Labute approximate surface area is 161 Å². The number of β-amino-alcohol motifs (C(OH)–C–C–N with tert-alkyl or cyclic N) is 1. The highest BCUT2D eigenvalue weighted by Crippen LogP contribution is 2.39. The van der Waals surface area contributed by atoms with Crippen LogP contribution in [0.2, 0.25) is 0 Å². The van der Waals surface area contributed by atoms with Gasteiger partial charge in [0.1, 0.15) is 11.5 Å². The highest BCUT2D eigenvalue weighted by molar-refractivity contribution is 7.13. The van der Waals surface area contributed by atoms with E-state index in [1.54, 1.807) is 32.7 Å². The zero-order chi connectivity index (χ0) is 18.8. The Balaban J connectivity index is 1.57. The quantitative estimate of drug-likeness (QED) is 0.724. The molecule has 1 aliphatic rings. The molecule has 1 atom stereocenters. The molecule has 0 bridgehead atoms. The molecule has 1 aliphatic heterocycles. The van der Waals surface area contributed by atoms with E-state index in [2.05, 4.69) is 19.9 Å².